The minimum absolute atomic E-state index is 0.106. The fraction of sp³-hybridized carbons (Fsp3) is 0.727. The highest BCUT2D eigenvalue weighted by molar-refractivity contribution is 5.81. The van der Waals surface area contributed by atoms with Gasteiger partial charge in [0.25, 0.3) is 11.6 Å². The third-order valence-corrected chi connectivity index (χ3v) is 6.76. The summed E-state index contributed by atoms with van der Waals surface area (Å²) in [6.07, 6.45) is 3.95. The fourth-order valence-corrected chi connectivity index (χ4v) is 4.14. The van der Waals surface area contributed by atoms with Gasteiger partial charge in [-0.25, -0.2) is 4.79 Å². The lowest BCUT2D eigenvalue weighted by atomic mass is 10.1. The standard InChI is InChI=1S/C22H33N5O5/c1-22(2,31-5)10-13-27-16-17(24(3)21(30)25(4)19(16)29)23-20(27)32-15-8-11-26(12-9-15)18(28)14-6-7-14/h14-15H,6-13H2,1-5H3. The predicted octanol–water partition coefficient (Wildman–Crippen LogP) is 1.03. The molecule has 1 saturated heterocycles. The molecule has 0 unspecified atom stereocenters. The zero-order chi connectivity index (χ0) is 23.2. The van der Waals surface area contributed by atoms with Crippen LogP contribution in [0.3, 0.4) is 0 Å². The number of ether oxygens (including phenoxy) is 2. The molecule has 4 rings (SSSR count). The summed E-state index contributed by atoms with van der Waals surface area (Å²) in [6, 6.07) is 0.331. The summed E-state index contributed by atoms with van der Waals surface area (Å²) in [6.45, 7) is 5.74. The maximum Gasteiger partial charge on any atom is 0.332 e. The topological polar surface area (TPSA) is 101 Å². The lowest BCUT2D eigenvalue weighted by Crippen LogP contribution is -2.42. The van der Waals surface area contributed by atoms with Crippen LogP contribution in [0.2, 0.25) is 0 Å². The summed E-state index contributed by atoms with van der Waals surface area (Å²) in [4.78, 5) is 44.2. The summed E-state index contributed by atoms with van der Waals surface area (Å²) < 4.78 is 16.0. The van der Waals surface area contributed by atoms with E-state index in [1.165, 1.54) is 11.6 Å². The number of aryl methyl sites for hydroxylation is 2. The summed E-state index contributed by atoms with van der Waals surface area (Å²) in [5.41, 5.74) is -0.565. The molecule has 1 saturated carbocycles. The number of amides is 1. The van der Waals surface area contributed by atoms with E-state index < -0.39 is 16.9 Å². The monoisotopic (exact) mass is 447 g/mol. The van der Waals surface area contributed by atoms with Gasteiger partial charge in [0.1, 0.15) is 6.10 Å². The number of aromatic nitrogens is 4. The molecule has 0 atom stereocenters. The Labute approximate surface area is 186 Å². The zero-order valence-electron chi connectivity index (χ0n) is 19.6. The van der Waals surface area contributed by atoms with Crippen molar-refractivity contribution in [1.82, 2.24) is 23.6 Å². The Morgan fingerprint density at radius 2 is 1.75 bits per heavy atom. The van der Waals surface area contributed by atoms with Crippen LogP contribution in [0, 0.1) is 5.92 Å². The highest BCUT2D eigenvalue weighted by Gasteiger charge is 2.35. The number of fused-ring (bicyclic) bond motifs is 1. The number of likely N-dealkylation sites (tertiary alicyclic amines) is 1. The van der Waals surface area contributed by atoms with Crippen molar-refractivity contribution < 1.29 is 14.3 Å². The summed E-state index contributed by atoms with van der Waals surface area (Å²) >= 11 is 0. The Morgan fingerprint density at radius 3 is 2.34 bits per heavy atom. The van der Waals surface area contributed by atoms with Crippen molar-refractivity contribution in [3.63, 3.8) is 0 Å². The molecular formula is C22H33N5O5. The first kappa shape index (κ1) is 22.6. The van der Waals surface area contributed by atoms with Crippen molar-refractivity contribution in [3.05, 3.63) is 20.8 Å². The highest BCUT2D eigenvalue weighted by Crippen LogP contribution is 2.32. The Bertz CT molecular complexity index is 1130. The van der Waals surface area contributed by atoms with Crippen LogP contribution in [-0.2, 0) is 30.2 Å². The third-order valence-electron chi connectivity index (χ3n) is 6.76. The van der Waals surface area contributed by atoms with Gasteiger partial charge in [0.15, 0.2) is 11.2 Å². The van der Waals surface area contributed by atoms with Crippen LogP contribution in [0.1, 0.15) is 46.0 Å². The summed E-state index contributed by atoms with van der Waals surface area (Å²) in [7, 11) is 4.73. The number of imidazole rings is 1. The molecule has 2 aromatic heterocycles. The average molecular weight is 448 g/mol. The lowest BCUT2D eigenvalue weighted by molar-refractivity contribution is -0.134. The van der Waals surface area contributed by atoms with Gasteiger partial charge in [-0.1, -0.05) is 0 Å². The zero-order valence-corrected chi connectivity index (χ0v) is 19.6. The maximum atomic E-state index is 13.0. The van der Waals surface area contributed by atoms with Gasteiger partial charge in [0.2, 0.25) is 5.91 Å². The summed E-state index contributed by atoms with van der Waals surface area (Å²) in [5, 5.41) is 0. The number of hydrogen-bond donors (Lipinski definition) is 0. The van der Waals surface area contributed by atoms with E-state index >= 15 is 0 Å². The van der Waals surface area contributed by atoms with Crippen LogP contribution < -0.4 is 16.0 Å². The predicted molar refractivity (Wildman–Crippen MR) is 119 cm³/mol. The molecule has 10 nitrogen and oxygen atoms in total. The first-order valence-electron chi connectivity index (χ1n) is 11.3. The van der Waals surface area contributed by atoms with E-state index in [0.717, 1.165) is 17.4 Å². The molecule has 3 heterocycles. The Hall–Kier alpha value is -2.62. The quantitative estimate of drug-likeness (QED) is 0.628. The molecule has 1 aliphatic heterocycles. The molecule has 176 valence electrons. The van der Waals surface area contributed by atoms with Gasteiger partial charge in [-0.15, -0.1) is 0 Å². The second-order valence-electron chi connectivity index (χ2n) is 9.55. The van der Waals surface area contributed by atoms with Crippen molar-refractivity contribution in [3.8, 4) is 6.01 Å². The molecular weight excluding hydrogens is 414 g/mol. The van der Waals surface area contributed by atoms with E-state index in [1.54, 1.807) is 18.7 Å². The van der Waals surface area contributed by atoms with E-state index in [9.17, 15) is 14.4 Å². The second-order valence-corrected chi connectivity index (χ2v) is 9.55. The SMILES string of the molecule is COC(C)(C)CCn1c(OC2CCN(C(=O)C3CC3)CC2)nc2c1c(=O)n(C)c(=O)n2C. The van der Waals surface area contributed by atoms with E-state index in [0.29, 0.717) is 56.1 Å². The smallest absolute Gasteiger partial charge is 0.332 e. The average Bonchev–Trinajstić information content (AvgIpc) is 3.57. The first-order valence-corrected chi connectivity index (χ1v) is 11.3. The van der Waals surface area contributed by atoms with Gasteiger partial charge >= 0.3 is 5.69 Å². The molecule has 0 aromatic carbocycles. The minimum Gasteiger partial charge on any atom is -0.461 e. The number of hydrogen-bond acceptors (Lipinski definition) is 6. The maximum absolute atomic E-state index is 13.0. The van der Waals surface area contributed by atoms with Crippen LogP contribution in [-0.4, -0.2) is 61.4 Å². The molecule has 1 aliphatic carbocycles. The first-order chi connectivity index (χ1) is 15.1. The van der Waals surface area contributed by atoms with Gasteiger partial charge in [-0.05, 0) is 33.1 Å². The lowest BCUT2D eigenvalue weighted by Gasteiger charge is -2.32. The van der Waals surface area contributed by atoms with Crippen molar-refractivity contribution in [2.45, 2.75) is 64.2 Å². The van der Waals surface area contributed by atoms with Crippen LogP contribution >= 0.6 is 0 Å². The molecule has 10 heteroatoms. The highest BCUT2D eigenvalue weighted by atomic mass is 16.5. The largest absolute Gasteiger partial charge is 0.461 e. The molecule has 32 heavy (non-hydrogen) atoms. The molecule has 1 amide bonds. The van der Waals surface area contributed by atoms with Gasteiger partial charge in [0, 0.05) is 59.6 Å². The Kier molecular flexibility index (Phi) is 5.91. The van der Waals surface area contributed by atoms with E-state index in [-0.39, 0.29) is 17.9 Å². The van der Waals surface area contributed by atoms with Crippen molar-refractivity contribution >= 4 is 17.1 Å². The van der Waals surface area contributed by atoms with Crippen LogP contribution in [0.25, 0.3) is 11.2 Å². The van der Waals surface area contributed by atoms with Gasteiger partial charge in [0.05, 0.1) is 5.60 Å². The van der Waals surface area contributed by atoms with E-state index in [2.05, 4.69) is 4.98 Å². The second kappa shape index (κ2) is 8.38. The normalized spacial score (nSPS) is 17.8. The van der Waals surface area contributed by atoms with Crippen LogP contribution in [0.5, 0.6) is 6.01 Å². The number of methoxy groups -OCH3 is 1. The summed E-state index contributed by atoms with van der Waals surface area (Å²) in [5.74, 6) is 0.481. The number of carbonyl (C=O) groups excluding carboxylic acids is 1. The van der Waals surface area contributed by atoms with Crippen LogP contribution in [0.15, 0.2) is 9.59 Å². The Morgan fingerprint density at radius 1 is 1.09 bits per heavy atom. The minimum atomic E-state index is -0.428. The molecule has 0 radical (unpaired) electrons. The molecule has 2 fully saturated rings. The van der Waals surface area contributed by atoms with E-state index in [1.807, 2.05) is 18.7 Å². The van der Waals surface area contributed by atoms with Gasteiger partial charge in [-0.2, -0.15) is 4.98 Å². The molecule has 0 bridgehead atoms. The van der Waals surface area contributed by atoms with Gasteiger partial charge < -0.3 is 14.4 Å². The van der Waals surface area contributed by atoms with Crippen molar-refractivity contribution in [1.29, 1.82) is 0 Å². The van der Waals surface area contributed by atoms with E-state index in [4.69, 9.17) is 9.47 Å². The molecule has 0 N–H and O–H groups in total. The molecule has 2 aromatic rings. The van der Waals surface area contributed by atoms with Crippen LogP contribution in [0.4, 0.5) is 0 Å². The van der Waals surface area contributed by atoms with Gasteiger partial charge in [-0.3, -0.25) is 23.3 Å². The number of piperidine rings is 1. The Balaban J connectivity index is 1.62. The number of carbonyl (C=O) groups is 1. The van der Waals surface area contributed by atoms with Crippen molar-refractivity contribution in [2.75, 3.05) is 20.2 Å². The molecule has 2 aliphatic rings. The third kappa shape index (κ3) is 4.20. The van der Waals surface area contributed by atoms with Crippen molar-refractivity contribution in [2.24, 2.45) is 20.0 Å². The number of nitrogens with zero attached hydrogens (tertiary/aromatic N) is 5. The fourth-order valence-electron chi connectivity index (χ4n) is 4.14. The number of rotatable bonds is 7. The molecule has 0 spiro atoms.